The highest BCUT2D eigenvalue weighted by Gasteiger charge is 2.44. The summed E-state index contributed by atoms with van der Waals surface area (Å²) >= 11 is 0. The van der Waals surface area contributed by atoms with Crippen LogP contribution in [0.3, 0.4) is 0 Å². The van der Waals surface area contributed by atoms with Gasteiger partial charge in [0.2, 0.25) is 0 Å². The maximum absolute atomic E-state index is 11.7. The molecule has 0 aliphatic rings. The van der Waals surface area contributed by atoms with E-state index in [1.165, 1.54) is 15.9 Å². The van der Waals surface area contributed by atoms with Crippen LogP contribution in [0, 0.1) is 0 Å². The highest BCUT2D eigenvalue weighted by atomic mass is 31.2. The smallest absolute Gasteiger partial charge is 0.371 e. The molecule has 3 rings (SSSR count). The summed E-state index contributed by atoms with van der Waals surface area (Å²) in [6.45, 7) is 0. The van der Waals surface area contributed by atoms with Crippen LogP contribution in [0.25, 0.3) is 0 Å². The molecule has 0 fully saturated rings. The molecule has 0 aliphatic carbocycles. The quantitative estimate of drug-likeness (QED) is 0.388. The minimum Gasteiger partial charge on any atom is -0.371 e. The van der Waals surface area contributed by atoms with Gasteiger partial charge in [0.15, 0.2) is 0 Å². The van der Waals surface area contributed by atoms with Crippen molar-refractivity contribution in [1.82, 2.24) is 0 Å². The minimum absolute atomic E-state index is 0.0243. The summed E-state index contributed by atoms with van der Waals surface area (Å²) in [6, 6.07) is 31.3. The van der Waals surface area contributed by atoms with Gasteiger partial charge in [0.1, 0.15) is 23.2 Å². The van der Waals surface area contributed by atoms with E-state index in [2.05, 4.69) is 40.9 Å². The molecule has 0 atom stereocenters. The largest absolute Gasteiger partial charge is 0.526 e. The molecular weight excluding hydrogens is 418 g/mol. The van der Waals surface area contributed by atoms with Gasteiger partial charge in [-0.3, -0.25) is 14.6 Å². The van der Waals surface area contributed by atoms with E-state index in [1.807, 2.05) is 54.6 Å². The fourth-order valence-electron chi connectivity index (χ4n) is 3.68. The number of hydrogen-bond donors (Lipinski definition) is 2. The molecule has 0 unspecified atom stereocenters. The molecule has 0 bridgehead atoms. The first-order chi connectivity index (χ1) is 14.4. The van der Waals surface area contributed by atoms with Crippen LogP contribution >= 0.6 is 15.1 Å². The first-order valence-corrected chi connectivity index (χ1v) is 13.3. The number of unbranched alkanes of at least 4 members (excludes halogenated alkanes) is 1. The van der Waals surface area contributed by atoms with Crippen LogP contribution in [0.2, 0.25) is 0 Å². The van der Waals surface area contributed by atoms with Crippen LogP contribution in [0.15, 0.2) is 91.0 Å². The Kier molecular flexibility index (Phi) is 7.58. The second kappa shape index (κ2) is 10.1. The third kappa shape index (κ3) is 5.65. The number of carbonyl (C=O) groups is 1. The maximum atomic E-state index is 11.7. The summed E-state index contributed by atoms with van der Waals surface area (Å²) in [6.07, 6.45) is 2.04. The highest BCUT2D eigenvalue weighted by molar-refractivity contribution is 7.95. The van der Waals surface area contributed by atoms with E-state index >= 15 is 0 Å². The van der Waals surface area contributed by atoms with Gasteiger partial charge in [0.25, 0.3) is 0 Å². The summed E-state index contributed by atoms with van der Waals surface area (Å²) < 4.78 is 15.0. The van der Waals surface area contributed by atoms with Crippen LogP contribution in [0.4, 0.5) is 0 Å². The van der Waals surface area contributed by atoms with Gasteiger partial charge >= 0.3 is 13.8 Å². The lowest BCUT2D eigenvalue weighted by molar-refractivity contribution is -0.135. The zero-order chi connectivity index (χ0) is 21.5. The highest BCUT2D eigenvalue weighted by Crippen LogP contribution is 2.56. The monoisotopic (exact) mass is 443 g/mol. The summed E-state index contributed by atoms with van der Waals surface area (Å²) in [5, 5.41) is 3.79. The molecular formula is C23H25O5P2+. The topological polar surface area (TPSA) is 83.8 Å². The fourth-order valence-corrected chi connectivity index (χ4v) is 8.45. The van der Waals surface area contributed by atoms with Gasteiger partial charge in [0, 0.05) is 6.42 Å². The van der Waals surface area contributed by atoms with Gasteiger partial charge in [-0.05, 0) is 49.2 Å². The first kappa shape index (κ1) is 22.4. The van der Waals surface area contributed by atoms with Gasteiger partial charge in [-0.25, -0.2) is 4.57 Å². The number of rotatable bonds is 9. The average Bonchev–Trinajstić information content (AvgIpc) is 2.75. The molecule has 0 aromatic heterocycles. The third-order valence-electron chi connectivity index (χ3n) is 4.94. The normalized spacial score (nSPS) is 11.8. The van der Waals surface area contributed by atoms with Crippen molar-refractivity contribution in [2.45, 2.75) is 19.3 Å². The zero-order valence-corrected chi connectivity index (χ0v) is 18.3. The Hall–Kier alpha value is -2.29. The Balaban J connectivity index is 1.92. The summed E-state index contributed by atoms with van der Waals surface area (Å²) in [5.74, 6) is -0.869. The van der Waals surface area contributed by atoms with Gasteiger partial charge in [-0.2, -0.15) is 0 Å². The van der Waals surface area contributed by atoms with Crippen molar-refractivity contribution in [3.8, 4) is 0 Å². The second-order valence-electron chi connectivity index (χ2n) is 6.95. The fraction of sp³-hybridized carbons (Fsp3) is 0.174. The van der Waals surface area contributed by atoms with Crippen LogP contribution in [0.1, 0.15) is 19.3 Å². The molecule has 7 heteroatoms. The number of carbonyl (C=O) groups excluding carboxylic acids is 1. The molecule has 3 aromatic rings. The lowest BCUT2D eigenvalue weighted by Gasteiger charge is -2.27. The van der Waals surface area contributed by atoms with E-state index < -0.39 is 21.1 Å². The van der Waals surface area contributed by atoms with Crippen molar-refractivity contribution in [3.63, 3.8) is 0 Å². The summed E-state index contributed by atoms with van der Waals surface area (Å²) in [7, 11) is -6.75. The Morgan fingerprint density at radius 3 is 1.50 bits per heavy atom. The van der Waals surface area contributed by atoms with Crippen molar-refractivity contribution < 1.29 is 23.7 Å². The van der Waals surface area contributed by atoms with E-state index in [1.54, 1.807) is 0 Å². The van der Waals surface area contributed by atoms with Gasteiger partial charge in [-0.15, -0.1) is 0 Å². The third-order valence-corrected chi connectivity index (χ3v) is 9.90. The predicted octanol–water partition coefficient (Wildman–Crippen LogP) is 3.79. The van der Waals surface area contributed by atoms with Crippen molar-refractivity contribution in [2.24, 2.45) is 0 Å². The van der Waals surface area contributed by atoms with Gasteiger partial charge in [-0.1, -0.05) is 54.6 Å². The molecule has 2 N–H and O–H groups in total. The molecule has 0 radical (unpaired) electrons. The standard InChI is InChI=1S/C23H24O5P2/c24-23(28-30(25,26)27)18-10-11-19-29(20-12-4-1-5-13-20,21-14-6-2-7-15-21)22-16-8-3-9-17-22/h1-9,12-17H,10-11,18-19H2,(H-,25,26,27)/p+1. The number of benzene rings is 3. The van der Waals surface area contributed by atoms with Crippen LogP contribution < -0.4 is 15.9 Å². The maximum Gasteiger partial charge on any atom is 0.526 e. The molecule has 0 saturated heterocycles. The molecule has 0 aliphatic heterocycles. The molecule has 30 heavy (non-hydrogen) atoms. The van der Waals surface area contributed by atoms with Gasteiger partial charge < -0.3 is 4.52 Å². The number of phosphoric ester groups is 1. The van der Waals surface area contributed by atoms with Crippen LogP contribution in [-0.4, -0.2) is 21.9 Å². The van der Waals surface area contributed by atoms with Gasteiger partial charge in [0.05, 0.1) is 6.16 Å². The zero-order valence-electron chi connectivity index (χ0n) is 16.5. The van der Waals surface area contributed by atoms with E-state index in [4.69, 9.17) is 9.79 Å². The average molecular weight is 443 g/mol. The molecule has 0 saturated carbocycles. The van der Waals surface area contributed by atoms with Crippen molar-refractivity contribution in [3.05, 3.63) is 91.0 Å². The summed E-state index contributed by atoms with van der Waals surface area (Å²) in [5.41, 5.74) is 0. The van der Waals surface area contributed by atoms with E-state index in [-0.39, 0.29) is 6.42 Å². The second-order valence-corrected chi connectivity index (χ2v) is 11.7. The Labute approximate surface area is 177 Å². The van der Waals surface area contributed by atoms with Crippen LogP contribution in [-0.2, 0) is 13.9 Å². The first-order valence-electron chi connectivity index (χ1n) is 9.75. The molecule has 0 heterocycles. The predicted molar refractivity (Wildman–Crippen MR) is 122 cm³/mol. The molecule has 0 spiro atoms. The van der Waals surface area contributed by atoms with Crippen molar-refractivity contribution in [2.75, 3.05) is 6.16 Å². The molecule has 0 amide bonds. The lowest BCUT2D eigenvalue weighted by Crippen LogP contribution is -2.33. The van der Waals surface area contributed by atoms with E-state index in [0.717, 1.165) is 12.6 Å². The Morgan fingerprint density at radius 1 is 0.733 bits per heavy atom. The van der Waals surface area contributed by atoms with Crippen molar-refractivity contribution in [1.29, 1.82) is 0 Å². The molecule has 156 valence electrons. The Morgan fingerprint density at radius 2 is 1.13 bits per heavy atom. The van der Waals surface area contributed by atoms with Crippen molar-refractivity contribution >= 4 is 37.0 Å². The minimum atomic E-state index is -4.79. The SMILES string of the molecule is O=C(CCCC[P+](c1ccccc1)(c1ccccc1)c1ccccc1)OP(=O)(O)O. The Bertz CT molecular complexity index is 891. The molecule has 3 aromatic carbocycles. The number of phosphoric acid groups is 1. The van der Waals surface area contributed by atoms with E-state index in [0.29, 0.717) is 6.42 Å². The summed E-state index contributed by atoms with van der Waals surface area (Å²) in [4.78, 5) is 29.3. The number of hydrogen-bond acceptors (Lipinski definition) is 3. The lowest BCUT2D eigenvalue weighted by atomic mass is 10.2. The molecule has 5 nitrogen and oxygen atoms in total. The van der Waals surface area contributed by atoms with Crippen LogP contribution in [0.5, 0.6) is 0 Å². The van der Waals surface area contributed by atoms with E-state index in [9.17, 15) is 9.36 Å².